The number of hydrogen-bond acceptors (Lipinski definition) is 5. The van der Waals surface area contributed by atoms with Gasteiger partial charge in [0.05, 0.1) is 6.26 Å². The fraction of sp³-hybridized carbons (Fsp3) is 0.333. The Kier molecular flexibility index (Phi) is 5.35. The van der Waals surface area contributed by atoms with Gasteiger partial charge >= 0.3 is 5.97 Å². The van der Waals surface area contributed by atoms with Crippen LogP contribution < -0.4 is 5.32 Å². The van der Waals surface area contributed by atoms with Crippen LogP contribution in [0.3, 0.4) is 0 Å². The minimum absolute atomic E-state index is 0.0504. The van der Waals surface area contributed by atoms with E-state index < -0.39 is 17.9 Å². The van der Waals surface area contributed by atoms with Crippen molar-refractivity contribution in [3.63, 3.8) is 0 Å². The number of carboxylic acid groups (broad SMARTS) is 1. The van der Waals surface area contributed by atoms with Crippen LogP contribution in [-0.2, 0) is 9.59 Å². The molecule has 3 N–H and O–H groups in total. The zero-order valence-electron chi connectivity index (χ0n) is 13.3. The molecule has 0 saturated carbocycles. The molecular weight excluding hydrogens is 316 g/mol. The molecule has 0 aliphatic carbocycles. The summed E-state index contributed by atoms with van der Waals surface area (Å²) < 4.78 is 5.21. The minimum atomic E-state index is -1.15. The number of H-pyrrole nitrogens is 1. The number of hydrogen-bond donors (Lipinski definition) is 3. The second-order valence-electron chi connectivity index (χ2n) is 5.14. The highest BCUT2D eigenvalue weighted by Crippen LogP contribution is 2.19. The molecular formula is C15H18N4O5. The van der Waals surface area contributed by atoms with Crippen LogP contribution in [-0.4, -0.2) is 57.1 Å². The van der Waals surface area contributed by atoms with Gasteiger partial charge in [-0.2, -0.15) is 5.10 Å². The molecule has 1 unspecified atom stereocenters. The summed E-state index contributed by atoms with van der Waals surface area (Å²) in [6.07, 6.45) is 1.49. The number of nitrogens with zero attached hydrogens (tertiary/aromatic N) is 2. The van der Waals surface area contributed by atoms with E-state index in [1.165, 1.54) is 26.2 Å². The van der Waals surface area contributed by atoms with Gasteiger partial charge in [0.2, 0.25) is 5.91 Å². The molecule has 0 aliphatic rings. The van der Waals surface area contributed by atoms with Gasteiger partial charge in [-0.1, -0.05) is 0 Å². The standard InChI is InChI=1S/C15H18N4O5/c1-9(15(22)23)19(6-5-16-10(2)20)14(21)12-8-11(17-18-12)13-4-3-7-24-13/h3-4,7-9H,5-6H2,1-2H3,(H,16,20)(H,17,18)(H,22,23). The van der Waals surface area contributed by atoms with Crippen LogP contribution in [0.5, 0.6) is 0 Å². The van der Waals surface area contributed by atoms with Crippen molar-refractivity contribution in [3.05, 3.63) is 30.2 Å². The predicted molar refractivity (Wildman–Crippen MR) is 83.1 cm³/mol. The smallest absolute Gasteiger partial charge is 0.326 e. The van der Waals surface area contributed by atoms with Crippen LogP contribution in [0.15, 0.2) is 28.9 Å². The Morgan fingerprint density at radius 2 is 2.21 bits per heavy atom. The molecule has 2 aromatic rings. The lowest BCUT2D eigenvalue weighted by atomic mass is 10.2. The van der Waals surface area contributed by atoms with Crippen molar-refractivity contribution in [3.8, 4) is 11.5 Å². The fourth-order valence-electron chi connectivity index (χ4n) is 2.09. The van der Waals surface area contributed by atoms with Crippen LogP contribution in [0.4, 0.5) is 0 Å². The number of carbonyl (C=O) groups is 3. The number of carboxylic acids is 1. The van der Waals surface area contributed by atoms with Crippen molar-refractivity contribution < 1.29 is 23.9 Å². The van der Waals surface area contributed by atoms with E-state index in [0.29, 0.717) is 11.5 Å². The highest BCUT2D eigenvalue weighted by atomic mass is 16.4. The lowest BCUT2D eigenvalue weighted by Crippen LogP contribution is -2.46. The molecule has 2 rings (SSSR count). The number of carbonyl (C=O) groups excluding carboxylic acids is 2. The van der Waals surface area contributed by atoms with Crippen molar-refractivity contribution in [2.45, 2.75) is 19.9 Å². The summed E-state index contributed by atoms with van der Waals surface area (Å²) in [7, 11) is 0. The lowest BCUT2D eigenvalue weighted by Gasteiger charge is -2.25. The molecule has 0 spiro atoms. The Morgan fingerprint density at radius 3 is 2.79 bits per heavy atom. The van der Waals surface area contributed by atoms with E-state index in [9.17, 15) is 19.5 Å². The van der Waals surface area contributed by atoms with Crippen molar-refractivity contribution in [1.82, 2.24) is 20.4 Å². The number of aromatic nitrogens is 2. The Balaban J connectivity index is 2.17. The normalized spacial score (nSPS) is 11.8. The maximum absolute atomic E-state index is 12.6. The van der Waals surface area contributed by atoms with E-state index in [1.807, 2.05) is 0 Å². The maximum Gasteiger partial charge on any atom is 0.326 e. The van der Waals surface area contributed by atoms with E-state index in [4.69, 9.17) is 4.42 Å². The predicted octanol–water partition coefficient (Wildman–Crippen LogP) is 0.721. The van der Waals surface area contributed by atoms with Crippen molar-refractivity contribution in [2.24, 2.45) is 0 Å². The number of rotatable bonds is 7. The van der Waals surface area contributed by atoms with Crippen molar-refractivity contribution in [2.75, 3.05) is 13.1 Å². The summed E-state index contributed by atoms with van der Waals surface area (Å²) >= 11 is 0. The Labute approximate surface area is 137 Å². The third-order valence-electron chi connectivity index (χ3n) is 3.40. The number of nitrogens with one attached hydrogen (secondary N) is 2. The highest BCUT2D eigenvalue weighted by Gasteiger charge is 2.28. The van der Waals surface area contributed by atoms with Crippen LogP contribution in [0, 0.1) is 0 Å². The number of furan rings is 1. The largest absolute Gasteiger partial charge is 0.480 e. The number of aliphatic carboxylic acids is 1. The van der Waals surface area contributed by atoms with Gasteiger partial charge < -0.3 is 19.7 Å². The van der Waals surface area contributed by atoms with Crippen LogP contribution in [0.1, 0.15) is 24.3 Å². The second kappa shape index (κ2) is 7.44. The van der Waals surface area contributed by atoms with Gasteiger partial charge in [0.1, 0.15) is 11.7 Å². The molecule has 2 heterocycles. The third kappa shape index (κ3) is 4.00. The molecule has 0 radical (unpaired) electrons. The summed E-state index contributed by atoms with van der Waals surface area (Å²) in [5.74, 6) is -1.44. The van der Waals surface area contributed by atoms with Crippen molar-refractivity contribution in [1.29, 1.82) is 0 Å². The van der Waals surface area contributed by atoms with Gasteiger partial charge in [0.25, 0.3) is 5.91 Å². The van der Waals surface area contributed by atoms with Gasteiger partial charge in [0.15, 0.2) is 11.5 Å². The van der Waals surface area contributed by atoms with Crippen LogP contribution in [0.2, 0.25) is 0 Å². The average Bonchev–Trinajstić information content (AvgIpc) is 3.20. The first-order chi connectivity index (χ1) is 11.4. The van der Waals surface area contributed by atoms with E-state index >= 15 is 0 Å². The summed E-state index contributed by atoms with van der Waals surface area (Å²) in [4.78, 5) is 35.9. The molecule has 1 atom stereocenters. The first-order valence-corrected chi connectivity index (χ1v) is 7.27. The molecule has 2 aromatic heterocycles. The quantitative estimate of drug-likeness (QED) is 0.684. The molecule has 2 amide bonds. The molecule has 0 aliphatic heterocycles. The van der Waals surface area contributed by atoms with Gasteiger partial charge in [-0.3, -0.25) is 14.7 Å². The summed E-state index contributed by atoms with van der Waals surface area (Å²) in [6, 6.07) is 3.83. The molecule has 24 heavy (non-hydrogen) atoms. The maximum atomic E-state index is 12.6. The molecule has 0 bridgehead atoms. The van der Waals surface area contributed by atoms with E-state index in [0.717, 1.165) is 4.90 Å². The zero-order chi connectivity index (χ0) is 17.7. The van der Waals surface area contributed by atoms with Gasteiger partial charge in [-0.25, -0.2) is 4.79 Å². The molecule has 0 fully saturated rings. The monoisotopic (exact) mass is 334 g/mol. The topological polar surface area (TPSA) is 129 Å². The molecule has 9 nitrogen and oxygen atoms in total. The van der Waals surface area contributed by atoms with Gasteiger partial charge in [0, 0.05) is 26.1 Å². The molecule has 0 saturated heterocycles. The van der Waals surface area contributed by atoms with E-state index in [1.54, 1.807) is 12.1 Å². The Morgan fingerprint density at radius 1 is 1.46 bits per heavy atom. The van der Waals surface area contributed by atoms with Crippen LogP contribution >= 0.6 is 0 Å². The average molecular weight is 334 g/mol. The first-order valence-electron chi connectivity index (χ1n) is 7.27. The number of amides is 2. The second-order valence-corrected chi connectivity index (χ2v) is 5.14. The summed E-state index contributed by atoms with van der Waals surface area (Å²) in [6.45, 7) is 2.94. The van der Waals surface area contributed by atoms with E-state index in [-0.39, 0.29) is 24.7 Å². The Hall–Kier alpha value is -3.10. The summed E-state index contributed by atoms with van der Waals surface area (Å²) in [5.41, 5.74) is 0.575. The lowest BCUT2D eigenvalue weighted by molar-refractivity contribution is -0.141. The van der Waals surface area contributed by atoms with Gasteiger partial charge in [-0.15, -0.1) is 0 Å². The van der Waals surface area contributed by atoms with Crippen molar-refractivity contribution >= 4 is 17.8 Å². The van der Waals surface area contributed by atoms with E-state index in [2.05, 4.69) is 15.5 Å². The summed E-state index contributed by atoms with van der Waals surface area (Å²) in [5, 5.41) is 18.3. The zero-order valence-corrected chi connectivity index (χ0v) is 13.3. The molecule has 128 valence electrons. The molecule has 0 aromatic carbocycles. The minimum Gasteiger partial charge on any atom is -0.480 e. The number of aromatic amines is 1. The van der Waals surface area contributed by atoms with Crippen LogP contribution in [0.25, 0.3) is 11.5 Å². The third-order valence-corrected chi connectivity index (χ3v) is 3.40. The fourth-order valence-corrected chi connectivity index (χ4v) is 2.09. The van der Waals surface area contributed by atoms with Gasteiger partial charge in [-0.05, 0) is 19.1 Å². The Bertz CT molecular complexity index is 722. The molecule has 9 heteroatoms. The first kappa shape index (κ1) is 17.3. The highest BCUT2D eigenvalue weighted by molar-refractivity contribution is 5.95. The SMILES string of the molecule is CC(=O)NCCN(C(=O)c1cc(-c2ccco2)[nH]n1)C(C)C(=O)O.